The van der Waals surface area contributed by atoms with Gasteiger partial charge in [-0.25, -0.2) is 0 Å². The molecule has 0 spiro atoms. The number of rotatable bonds is 6. The van der Waals surface area contributed by atoms with Crippen LogP contribution in [0.15, 0.2) is 18.2 Å². The van der Waals surface area contributed by atoms with Gasteiger partial charge in [-0.1, -0.05) is 13.8 Å². The van der Waals surface area contributed by atoms with Crippen LogP contribution < -0.4 is 9.47 Å². The van der Waals surface area contributed by atoms with E-state index in [2.05, 4.69) is 0 Å². The second kappa shape index (κ2) is 6.00. The summed E-state index contributed by atoms with van der Waals surface area (Å²) in [5.74, 6) is 0.391. The van der Waals surface area contributed by atoms with Crippen molar-refractivity contribution < 1.29 is 19.2 Å². The van der Waals surface area contributed by atoms with Crippen molar-refractivity contribution in [3.63, 3.8) is 0 Å². The molecular formula is C12H15NO5. The van der Waals surface area contributed by atoms with E-state index in [0.29, 0.717) is 5.75 Å². The maximum Gasteiger partial charge on any atom is 0.273 e. The number of hydrogen-bond donors (Lipinski definition) is 0. The summed E-state index contributed by atoms with van der Waals surface area (Å²) in [7, 11) is 1.39. The summed E-state index contributed by atoms with van der Waals surface area (Å²) in [5.41, 5.74) is -0.0885. The number of non-ortho nitro benzene ring substituents is 1. The molecule has 18 heavy (non-hydrogen) atoms. The quantitative estimate of drug-likeness (QED) is 0.573. The molecule has 98 valence electrons. The lowest BCUT2D eigenvalue weighted by Gasteiger charge is -2.10. The summed E-state index contributed by atoms with van der Waals surface area (Å²) in [5, 5.41) is 10.6. The summed E-state index contributed by atoms with van der Waals surface area (Å²) in [6.45, 7) is 3.48. The summed E-state index contributed by atoms with van der Waals surface area (Å²) >= 11 is 0. The van der Waals surface area contributed by atoms with Gasteiger partial charge in [0.1, 0.15) is 6.61 Å². The SMILES string of the molecule is COc1cc([N+](=O)[O-])ccc1OCC(=O)C(C)C. The minimum Gasteiger partial charge on any atom is -0.493 e. The van der Waals surface area contributed by atoms with Crippen LogP contribution in [0.25, 0.3) is 0 Å². The molecule has 1 rings (SSSR count). The highest BCUT2D eigenvalue weighted by Crippen LogP contribution is 2.31. The molecule has 1 aromatic rings. The van der Waals surface area contributed by atoms with Gasteiger partial charge >= 0.3 is 0 Å². The Morgan fingerprint density at radius 2 is 2.06 bits per heavy atom. The van der Waals surface area contributed by atoms with Crippen molar-refractivity contribution in [2.24, 2.45) is 5.92 Å². The molecule has 0 radical (unpaired) electrons. The highest BCUT2D eigenvalue weighted by molar-refractivity contribution is 5.81. The molecule has 0 aliphatic rings. The highest BCUT2D eigenvalue weighted by atomic mass is 16.6. The van der Waals surface area contributed by atoms with E-state index in [-0.39, 0.29) is 29.7 Å². The largest absolute Gasteiger partial charge is 0.493 e. The first-order chi connectivity index (χ1) is 8.45. The second-order valence-electron chi connectivity index (χ2n) is 4.00. The topological polar surface area (TPSA) is 78.7 Å². The zero-order valence-electron chi connectivity index (χ0n) is 10.5. The normalized spacial score (nSPS) is 10.2. The van der Waals surface area contributed by atoms with Crippen LogP contribution in [0.5, 0.6) is 11.5 Å². The van der Waals surface area contributed by atoms with Crippen LogP contribution >= 0.6 is 0 Å². The van der Waals surface area contributed by atoms with Crippen molar-refractivity contribution in [1.82, 2.24) is 0 Å². The third kappa shape index (κ3) is 3.44. The number of hydrogen-bond acceptors (Lipinski definition) is 5. The predicted molar refractivity (Wildman–Crippen MR) is 65.0 cm³/mol. The lowest BCUT2D eigenvalue weighted by molar-refractivity contribution is -0.384. The van der Waals surface area contributed by atoms with Gasteiger partial charge in [0.15, 0.2) is 17.3 Å². The molecule has 0 aromatic heterocycles. The molecule has 0 fully saturated rings. The Bertz CT molecular complexity index is 456. The van der Waals surface area contributed by atoms with Gasteiger partial charge in [0.2, 0.25) is 0 Å². The Hall–Kier alpha value is -2.11. The van der Waals surface area contributed by atoms with Crippen LogP contribution in [0.1, 0.15) is 13.8 Å². The van der Waals surface area contributed by atoms with Crippen molar-refractivity contribution >= 4 is 11.5 Å². The van der Waals surface area contributed by atoms with Crippen LogP contribution in [0.4, 0.5) is 5.69 Å². The van der Waals surface area contributed by atoms with E-state index in [9.17, 15) is 14.9 Å². The fourth-order valence-electron chi connectivity index (χ4n) is 1.20. The Kier molecular flexibility index (Phi) is 4.65. The fraction of sp³-hybridized carbons (Fsp3) is 0.417. The van der Waals surface area contributed by atoms with Gasteiger partial charge in [0.05, 0.1) is 18.1 Å². The molecule has 0 saturated carbocycles. The zero-order chi connectivity index (χ0) is 13.7. The standard InChI is InChI=1S/C12H15NO5/c1-8(2)10(14)7-18-11-5-4-9(13(15)16)6-12(11)17-3/h4-6,8H,7H2,1-3H3. The number of Topliss-reactive ketones (excluding diaryl/α,β-unsaturated/α-hetero) is 1. The van der Waals surface area contributed by atoms with Gasteiger partial charge in [0.25, 0.3) is 5.69 Å². The summed E-state index contributed by atoms with van der Waals surface area (Å²) < 4.78 is 10.3. The number of benzene rings is 1. The van der Waals surface area contributed by atoms with E-state index >= 15 is 0 Å². The average molecular weight is 253 g/mol. The molecule has 1 aromatic carbocycles. The molecular weight excluding hydrogens is 238 g/mol. The number of methoxy groups -OCH3 is 1. The van der Waals surface area contributed by atoms with Gasteiger partial charge in [-0.15, -0.1) is 0 Å². The Labute approximate surface area is 105 Å². The molecule has 0 heterocycles. The van der Waals surface area contributed by atoms with Crippen LogP contribution in [0.2, 0.25) is 0 Å². The Balaban J connectivity index is 2.83. The minimum absolute atomic E-state index is 0.0459. The molecule has 0 atom stereocenters. The average Bonchev–Trinajstić information content (AvgIpc) is 2.35. The van der Waals surface area contributed by atoms with Gasteiger partial charge in [-0.2, -0.15) is 0 Å². The number of carbonyl (C=O) groups excluding carboxylic acids is 1. The molecule has 0 N–H and O–H groups in total. The number of carbonyl (C=O) groups is 1. The highest BCUT2D eigenvalue weighted by Gasteiger charge is 2.14. The van der Waals surface area contributed by atoms with Crippen molar-refractivity contribution in [1.29, 1.82) is 0 Å². The van der Waals surface area contributed by atoms with Crippen molar-refractivity contribution in [2.75, 3.05) is 13.7 Å². The van der Waals surface area contributed by atoms with E-state index in [4.69, 9.17) is 9.47 Å². The van der Waals surface area contributed by atoms with Crippen molar-refractivity contribution in [3.05, 3.63) is 28.3 Å². The molecule has 0 aliphatic heterocycles. The van der Waals surface area contributed by atoms with Crippen molar-refractivity contribution in [2.45, 2.75) is 13.8 Å². The first-order valence-electron chi connectivity index (χ1n) is 5.43. The maximum absolute atomic E-state index is 11.4. The van der Waals surface area contributed by atoms with E-state index in [1.807, 2.05) is 0 Å². The van der Waals surface area contributed by atoms with Crippen LogP contribution in [-0.4, -0.2) is 24.4 Å². The first-order valence-corrected chi connectivity index (χ1v) is 5.43. The number of ketones is 1. The molecule has 0 saturated heterocycles. The number of nitro groups is 1. The molecule has 0 unspecified atom stereocenters. The zero-order valence-corrected chi connectivity index (χ0v) is 10.5. The molecule has 6 nitrogen and oxygen atoms in total. The van der Waals surface area contributed by atoms with Crippen LogP contribution in [0.3, 0.4) is 0 Å². The van der Waals surface area contributed by atoms with Crippen LogP contribution in [-0.2, 0) is 4.79 Å². The third-order valence-corrected chi connectivity index (χ3v) is 2.37. The second-order valence-corrected chi connectivity index (χ2v) is 4.00. The molecule has 0 bridgehead atoms. The third-order valence-electron chi connectivity index (χ3n) is 2.37. The Morgan fingerprint density at radius 1 is 1.39 bits per heavy atom. The van der Waals surface area contributed by atoms with E-state index in [1.165, 1.54) is 25.3 Å². The minimum atomic E-state index is -0.522. The molecule has 6 heteroatoms. The molecule has 0 aliphatic carbocycles. The van der Waals surface area contributed by atoms with Crippen LogP contribution in [0, 0.1) is 16.0 Å². The van der Waals surface area contributed by atoms with Gasteiger partial charge in [-0.3, -0.25) is 14.9 Å². The number of nitro benzene ring substituents is 1. The molecule has 0 amide bonds. The van der Waals surface area contributed by atoms with Gasteiger partial charge < -0.3 is 9.47 Å². The maximum atomic E-state index is 11.4. The number of nitrogens with zero attached hydrogens (tertiary/aromatic N) is 1. The van der Waals surface area contributed by atoms with E-state index < -0.39 is 4.92 Å². The van der Waals surface area contributed by atoms with Crippen molar-refractivity contribution in [3.8, 4) is 11.5 Å². The summed E-state index contributed by atoms with van der Waals surface area (Å²) in [4.78, 5) is 21.5. The monoisotopic (exact) mass is 253 g/mol. The lowest BCUT2D eigenvalue weighted by Crippen LogP contribution is -2.17. The van der Waals surface area contributed by atoms with E-state index in [0.717, 1.165) is 0 Å². The summed E-state index contributed by atoms with van der Waals surface area (Å²) in [6.07, 6.45) is 0. The van der Waals surface area contributed by atoms with E-state index in [1.54, 1.807) is 13.8 Å². The van der Waals surface area contributed by atoms with Gasteiger partial charge in [0, 0.05) is 12.0 Å². The predicted octanol–water partition coefficient (Wildman–Crippen LogP) is 2.21. The summed E-state index contributed by atoms with van der Waals surface area (Å²) in [6, 6.07) is 3.98. The Morgan fingerprint density at radius 3 is 2.56 bits per heavy atom. The first kappa shape index (κ1) is 14.0. The fourth-order valence-corrected chi connectivity index (χ4v) is 1.20. The smallest absolute Gasteiger partial charge is 0.273 e. The number of ether oxygens (including phenoxy) is 2. The lowest BCUT2D eigenvalue weighted by atomic mass is 10.1. The van der Waals surface area contributed by atoms with Gasteiger partial charge in [-0.05, 0) is 6.07 Å².